The van der Waals surface area contributed by atoms with Gasteiger partial charge in [0.05, 0.1) is 24.2 Å². The van der Waals surface area contributed by atoms with E-state index >= 15 is 0 Å². The summed E-state index contributed by atoms with van der Waals surface area (Å²) in [4.78, 5) is 22.0. The number of hydroxylamine groups is 1. The second-order valence-corrected chi connectivity index (χ2v) is 7.31. The van der Waals surface area contributed by atoms with Gasteiger partial charge >= 0.3 is 0 Å². The maximum Gasteiger partial charge on any atom is 0.267 e. The third kappa shape index (κ3) is 8.70. The minimum atomic E-state index is -0.610. The van der Waals surface area contributed by atoms with E-state index in [1.165, 1.54) is 23.2 Å². The SMILES string of the molecule is CC(C)Oc1cccc(CN2CC[C@@H](Nc3cnc(C=CC(=O)NO)cn3)C2)c1.Cl.Cl. The van der Waals surface area contributed by atoms with Crippen molar-refractivity contribution < 1.29 is 14.7 Å². The molecule has 1 aromatic carbocycles. The summed E-state index contributed by atoms with van der Waals surface area (Å²) in [5, 5.41) is 11.9. The highest BCUT2D eigenvalue weighted by Crippen LogP contribution is 2.20. The summed E-state index contributed by atoms with van der Waals surface area (Å²) in [6, 6.07) is 8.57. The minimum absolute atomic E-state index is 0. The molecule has 170 valence electrons. The first-order valence-corrected chi connectivity index (χ1v) is 9.70. The molecular weight excluding hydrogens is 441 g/mol. The van der Waals surface area contributed by atoms with E-state index in [0.29, 0.717) is 17.6 Å². The fraction of sp³-hybridized carbons (Fsp3) is 0.381. The summed E-state index contributed by atoms with van der Waals surface area (Å²) in [5.41, 5.74) is 3.31. The molecule has 1 fully saturated rings. The van der Waals surface area contributed by atoms with Crippen LogP contribution in [0.3, 0.4) is 0 Å². The van der Waals surface area contributed by atoms with Crippen LogP contribution in [0, 0.1) is 0 Å². The summed E-state index contributed by atoms with van der Waals surface area (Å²) in [6.45, 7) is 6.88. The number of rotatable bonds is 8. The highest BCUT2D eigenvalue weighted by molar-refractivity contribution is 5.90. The van der Waals surface area contributed by atoms with Crippen LogP contribution in [0.4, 0.5) is 5.82 Å². The molecule has 1 aliphatic rings. The molecule has 3 rings (SSSR count). The number of hydrogen-bond acceptors (Lipinski definition) is 7. The van der Waals surface area contributed by atoms with Gasteiger partial charge in [0.2, 0.25) is 0 Å². The lowest BCUT2D eigenvalue weighted by Crippen LogP contribution is -2.26. The number of hydrogen-bond donors (Lipinski definition) is 3. The fourth-order valence-corrected chi connectivity index (χ4v) is 3.25. The Labute approximate surface area is 194 Å². The first-order valence-electron chi connectivity index (χ1n) is 9.70. The Hall–Kier alpha value is -2.39. The van der Waals surface area contributed by atoms with Crippen LogP contribution in [-0.2, 0) is 11.3 Å². The number of carbonyl (C=O) groups is 1. The van der Waals surface area contributed by atoms with Crippen LogP contribution in [0.2, 0.25) is 0 Å². The van der Waals surface area contributed by atoms with E-state index < -0.39 is 5.91 Å². The Kier molecular flexibility index (Phi) is 11.3. The van der Waals surface area contributed by atoms with E-state index in [1.54, 1.807) is 12.4 Å². The molecule has 1 atom stereocenters. The molecule has 3 N–H and O–H groups in total. The highest BCUT2D eigenvalue weighted by Gasteiger charge is 2.22. The molecular formula is C21H29Cl2N5O3. The lowest BCUT2D eigenvalue weighted by atomic mass is 10.2. The quantitative estimate of drug-likeness (QED) is 0.309. The summed E-state index contributed by atoms with van der Waals surface area (Å²) in [6.07, 6.45) is 7.09. The molecule has 1 saturated heterocycles. The summed E-state index contributed by atoms with van der Waals surface area (Å²) >= 11 is 0. The zero-order valence-electron chi connectivity index (χ0n) is 17.5. The van der Waals surface area contributed by atoms with Crippen LogP contribution >= 0.6 is 24.8 Å². The lowest BCUT2D eigenvalue weighted by molar-refractivity contribution is -0.124. The standard InChI is InChI=1S/C21H27N5O3.2ClH/c1-15(2)29-19-5-3-4-16(10-19)13-26-9-8-18(14-26)24-20-12-22-17(11-23-20)6-7-21(27)25-28;;/h3-7,10-12,15,18,28H,8-9,13-14H2,1-2H3,(H,23,24)(H,25,27);2*1H/t18-;;/m1../s1. The Morgan fingerprint density at radius 1 is 1.32 bits per heavy atom. The largest absolute Gasteiger partial charge is 0.491 e. The molecule has 0 spiro atoms. The van der Waals surface area contributed by atoms with E-state index in [0.717, 1.165) is 31.8 Å². The van der Waals surface area contributed by atoms with E-state index in [-0.39, 0.29) is 30.9 Å². The number of ether oxygens (including phenoxy) is 1. The first-order chi connectivity index (χ1) is 14.0. The number of aromatic nitrogens is 2. The van der Waals surface area contributed by atoms with Crippen LogP contribution in [0.15, 0.2) is 42.7 Å². The predicted molar refractivity (Wildman–Crippen MR) is 125 cm³/mol. The molecule has 0 saturated carbocycles. The van der Waals surface area contributed by atoms with Gasteiger partial charge in [-0.25, -0.2) is 10.5 Å². The molecule has 0 unspecified atom stereocenters. The fourth-order valence-electron chi connectivity index (χ4n) is 3.25. The lowest BCUT2D eigenvalue weighted by Gasteiger charge is -2.18. The molecule has 2 aromatic rings. The number of nitrogens with one attached hydrogen (secondary N) is 2. The number of benzene rings is 1. The minimum Gasteiger partial charge on any atom is -0.491 e. The Balaban J connectivity index is 0.00000240. The number of anilines is 1. The van der Waals surface area contributed by atoms with Gasteiger partial charge in [0, 0.05) is 31.8 Å². The second kappa shape index (κ2) is 13.1. The number of amides is 1. The van der Waals surface area contributed by atoms with Crippen molar-refractivity contribution in [2.45, 2.75) is 39.0 Å². The predicted octanol–water partition coefficient (Wildman–Crippen LogP) is 3.31. The van der Waals surface area contributed by atoms with Gasteiger partial charge in [0.1, 0.15) is 11.6 Å². The molecule has 0 bridgehead atoms. The number of halogens is 2. The topological polar surface area (TPSA) is 99.6 Å². The van der Waals surface area contributed by atoms with Gasteiger partial charge in [0.25, 0.3) is 5.91 Å². The van der Waals surface area contributed by atoms with Crippen LogP contribution in [0.25, 0.3) is 6.08 Å². The first kappa shape index (κ1) is 26.6. The van der Waals surface area contributed by atoms with Crippen LogP contribution in [0.1, 0.15) is 31.5 Å². The van der Waals surface area contributed by atoms with Crippen LogP contribution in [0.5, 0.6) is 5.75 Å². The van der Waals surface area contributed by atoms with Gasteiger partial charge in [-0.1, -0.05) is 12.1 Å². The van der Waals surface area contributed by atoms with Gasteiger partial charge in [-0.3, -0.25) is 19.9 Å². The van der Waals surface area contributed by atoms with Crippen molar-refractivity contribution in [3.05, 3.63) is 54.0 Å². The molecule has 1 aliphatic heterocycles. The van der Waals surface area contributed by atoms with Crippen molar-refractivity contribution in [1.29, 1.82) is 0 Å². The van der Waals surface area contributed by atoms with E-state index in [2.05, 4.69) is 32.3 Å². The van der Waals surface area contributed by atoms with Gasteiger partial charge in [-0.15, -0.1) is 24.8 Å². The molecule has 1 amide bonds. The third-order valence-electron chi connectivity index (χ3n) is 4.49. The van der Waals surface area contributed by atoms with Crippen LogP contribution in [-0.4, -0.2) is 51.2 Å². The van der Waals surface area contributed by atoms with Gasteiger partial charge < -0.3 is 10.1 Å². The molecule has 10 heteroatoms. The molecule has 1 aromatic heterocycles. The van der Waals surface area contributed by atoms with Crippen molar-refractivity contribution in [2.75, 3.05) is 18.4 Å². The van der Waals surface area contributed by atoms with Gasteiger partial charge in [-0.05, 0) is 44.0 Å². The Morgan fingerprint density at radius 2 is 2.13 bits per heavy atom. The molecule has 0 aliphatic carbocycles. The monoisotopic (exact) mass is 469 g/mol. The van der Waals surface area contributed by atoms with Crippen LogP contribution < -0.4 is 15.5 Å². The molecule has 31 heavy (non-hydrogen) atoms. The zero-order chi connectivity index (χ0) is 20.6. The van der Waals surface area contributed by atoms with Gasteiger partial charge in [0.15, 0.2) is 0 Å². The average Bonchev–Trinajstić information content (AvgIpc) is 3.13. The zero-order valence-corrected chi connectivity index (χ0v) is 19.2. The Bertz CT molecular complexity index is 849. The number of carbonyl (C=O) groups excluding carboxylic acids is 1. The molecule has 2 heterocycles. The van der Waals surface area contributed by atoms with Gasteiger partial charge in [-0.2, -0.15) is 0 Å². The maximum atomic E-state index is 11.0. The maximum absolute atomic E-state index is 11.0. The van der Waals surface area contributed by atoms with E-state index in [9.17, 15) is 4.79 Å². The second-order valence-electron chi connectivity index (χ2n) is 7.31. The summed E-state index contributed by atoms with van der Waals surface area (Å²) in [7, 11) is 0. The number of nitrogens with zero attached hydrogens (tertiary/aromatic N) is 3. The van der Waals surface area contributed by atoms with E-state index in [1.807, 2.05) is 26.0 Å². The van der Waals surface area contributed by atoms with Crippen molar-refractivity contribution in [2.24, 2.45) is 0 Å². The normalized spacial score (nSPS) is 15.9. The van der Waals surface area contributed by atoms with Crippen molar-refractivity contribution in [3.8, 4) is 5.75 Å². The molecule has 0 radical (unpaired) electrons. The highest BCUT2D eigenvalue weighted by atomic mass is 35.5. The molecule has 8 nitrogen and oxygen atoms in total. The van der Waals surface area contributed by atoms with Crippen molar-refractivity contribution >= 4 is 42.6 Å². The van der Waals surface area contributed by atoms with Crippen molar-refractivity contribution in [1.82, 2.24) is 20.3 Å². The Morgan fingerprint density at radius 3 is 2.81 bits per heavy atom. The number of likely N-dealkylation sites (tertiary alicyclic amines) is 1. The average molecular weight is 470 g/mol. The smallest absolute Gasteiger partial charge is 0.267 e. The summed E-state index contributed by atoms with van der Waals surface area (Å²) in [5.74, 6) is 1.00. The summed E-state index contributed by atoms with van der Waals surface area (Å²) < 4.78 is 5.78. The van der Waals surface area contributed by atoms with Crippen molar-refractivity contribution in [3.63, 3.8) is 0 Å². The van der Waals surface area contributed by atoms with E-state index in [4.69, 9.17) is 9.94 Å². The third-order valence-corrected chi connectivity index (χ3v) is 4.49.